The van der Waals surface area contributed by atoms with Crippen molar-refractivity contribution in [3.8, 4) is 0 Å². The van der Waals surface area contributed by atoms with Gasteiger partial charge in [-0.25, -0.2) is 9.18 Å². The second-order valence-electron chi connectivity index (χ2n) is 6.45. The molecule has 1 aliphatic rings. The van der Waals surface area contributed by atoms with Gasteiger partial charge in [0.05, 0.1) is 12.7 Å². The number of carbonyl (C=O) groups is 1. The SMILES string of the molecule is Cc1ccc(NC(=O)NCC2CN(CC(C)C)CCO2)cc1F. The number of anilines is 1. The molecule has 2 N–H and O–H groups in total. The predicted octanol–water partition coefficient (Wildman–Crippen LogP) is 2.61. The molecule has 0 spiro atoms. The van der Waals surface area contributed by atoms with Crippen LogP contribution in [-0.2, 0) is 4.74 Å². The molecule has 2 amide bonds. The summed E-state index contributed by atoms with van der Waals surface area (Å²) in [5.74, 6) is 0.282. The number of amides is 2. The van der Waals surface area contributed by atoms with Crippen LogP contribution in [0.25, 0.3) is 0 Å². The molecule has 1 saturated heterocycles. The lowest BCUT2D eigenvalue weighted by atomic mass is 10.2. The number of nitrogens with zero attached hydrogens (tertiary/aromatic N) is 1. The van der Waals surface area contributed by atoms with E-state index in [0.29, 0.717) is 30.3 Å². The van der Waals surface area contributed by atoms with Gasteiger partial charge >= 0.3 is 6.03 Å². The van der Waals surface area contributed by atoms with E-state index in [0.717, 1.165) is 19.6 Å². The molecule has 23 heavy (non-hydrogen) atoms. The average molecular weight is 323 g/mol. The van der Waals surface area contributed by atoms with Gasteiger partial charge < -0.3 is 15.4 Å². The van der Waals surface area contributed by atoms with Crippen LogP contribution in [0, 0.1) is 18.7 Å². The topological polar surface area (TPSA) is 53.6 Å². The number of halogens is 1. The Hall–Kier alpha value is -1.66. The number of hydrogen-bond donors (Lipinski definition) is 2. The van der Waals surface area contributed by atoms with Gasteiger partial charge in [-0.15, -0.1) is 0 Å². The predicted molar refractivity (Wildman–Crippen MR) is 89.2 cm³/mol. The average Bonchev–Trinajstić information content (AvgIpc) is 2.49. The van der Waals surface area contributed by atoms with Gasteiger partial charge in [0, 0.05) is 31.9 Å². The van der Waals surface area contributed by atoms with E-state index in [9.17, 15) is 9.18 Å². The summed E-state index contributed by atoms with van der Waals surface area (Å²) < 4.78 is 19.1. The standard InChI is InChI=1S/C17H26FN3O2/c1-12(2)10-21-6-7-23-15(11-21)9-19-17(22)20-14-5-4-13(3)16(18)8-14/h4-5,8,12,15H,6-7,9-11H2,1-3H3,(H2,19,20,22). The van der Waals surface area contributed by atoms with Crippen LogP contribution in [0.5, 0.6) is 0 Å². The first-order chi connectivity index (χ1) is 10.9. The lowest BCUT2D eigenvalue weighted by Gasteiger charge is -2.33. The molecule has 1 aliphatic heterocycles. The van der Waals surface area contributed by atoms with E-state index >= 15 is 0 Å². The summed E-state index contributed by atoms with van der Waals surface area (Å²) in [6.07, 6.45) is -0.0111. The van der Waals surface area contributed by atoms with E-state index in [2.05, 4.69) is 29.4 Å². The largest absolute Gasteiger partial charge is 0.374 e. The molecule has 6 heteroatoms. The molecule has 5 nitrogen and oxygen atoms in total. The van der Waals surface area contributed by atoms with Crippen molar-refractivity contribution in [2.75, 3.05) is 38.1 Å². The van der Waals surface area contributed by atoms with Gasteiger partial charge in [-0.05, 0) is 30.5 Å². The number of benzene rings is 1. The number of aryl methyl sites for hydroxylation is 1. The number of ether oxygens (including phenoxy) is 1. The molecule has 0 aliphatic carbocycles. The molecule has 0 saturated carbocycles. The van der Waals surface area contributed by atoms with Crippen LogP contribution in [0.2, 0.25) is 0 Å². The molecule has 0 radical (unpaired) electrons. The zero-order chi connectivity index (χ0) is 16.8. The van der Waals surface area contributed by atoms with Crippen molar-refractivity contribution in [3.63, 3.8) is 0 Å². The number of nitrogens with one attached hydrogen (secondary N) is 2. The Morgan fingerprint density at radius 1 is 1.48 bits per heavy atom. The van der Waals surface area contributed by atoms with Gasteiger partial charge in [0.25, 0.3) is 0 Å². The fourth-order valence-electron chi connectivity index (χ4n) is 2.64. The summed E-state index contributed by atoms with van der Waals surface area (Å²) in [5.41, 5.74) is 0.994. The van der Waals surface area contributed by atoms with Crippen LogP contribution in [0.4, 0.5) is 14.9 Å². The molecule has 1 fully saturated rings. The van der Waals surface area contributed by atoms with Crippen molar-refractivity contribution in [3.05, 3.63) is 29.6 Å². The molecule has 0 bridgehead atoms. The summed E-state index contributed by atoms with van der Waals surface area (Å²) >= 11 is 0. The summed E-state index contributed by atoms with van der Waals surface area (Å²) in [6.45, 7) is 9.98. The molecule has 1 aromatic rings. The third-order valence-corrected chi connectivity index (χ3v) is 3.77. The maximum atomic E-state index is 13.5. The third kappa shape index (κ3) is 5.80. The first kappa shape index (κ1) is 17.7. The minimum absolute atomic E-state index is 0.0111. The Labute approximate surface area is 137 Å². The monoisotopic (exact) mass is 323 g/mol. The molecule has 1 heterocycles. The number of carbonyl (C=O) groups excluding carboxylic acids is 1. The van der Waals surface area contributed by atoms with Gasteiger partial charge in [-0.2, -0.15) is 0 Å². The Morgan fingerprint density at radius 2 is 2.26 bits per heavy atom. The molecular formula is C17H26FN3O2. The van der Waals surface area contributed by atoms with Crippen molar-refractivity contribution < 1.29 is 13.9 Å². The van der Waals surface area contributed by atoms with Gasteiger partial charge in [0.2, 0.25) is 0 Å². The van der Waals surface area contributed by atoms with Crippen LogP contribution in [0.1, 0.15) is 19.4 Å². The fourth-order valence-corrected chi connectivity index (χ4v) is 2.64. The molecule has 1 atom stereocenters. The van der Waals surface area contributed by atoms with E-state index in [1.54, 1.807) is 19.1 Å². The van der Waals surface area contributed by atoms with Crippen LogP contribution >= 0.6 is 0 Å². The highest BCUT2D eigenvalue weighted by Gasteiger charge is 2.21. The van der Waals surface area contributed by atoms with Crippen molar-refractivity contribution in [1.82, 2.24) is 10.2 Å². The lowest BCUT2D eigenvalue weighted by Crippen LogP contribution is -2.48. The highest BCUT2D eigenvalue weighted by Crippen LogP contribution is 2.13. The first-order valence-electron chi connectivity index (χ1n) is 8.09. The van der Waals surface area contributed by atoms with E-state index in [1.807, 2.05) is 0 Å². The van der Waals surface area contributed by atoms with Crippen molar-refractivity contribution >= 4 is 11.7 Å². The van der Waals surface area contributed by atoms with Crippen molar-refractivity contribution in [2.24, 2.45) is 5.92 Å². The fraction of sp³-hybridized carbons (Fsp3) is 0.588. The second-order valence-corrected chi connectivity index (χ2v) is 6.45. The zero-order valence-electron chi connectivity index (χ0n) is 14.1. The van der Waals surface area contributed by atoms with Crippen LogP contribution < -0.4 is 10.6 Å². The maximum Gasteiger partial charge on any atom is 0.319 e. The van der Waals surface area contributed by atoms with Gasteiger partial charge in [-0.3, -0.25) is 4.90 Å². The first-order valence-corrected chi connectivity index (χ1v) is 8.09. The number of morpholine rings is 1. The van der Waals surface area contributed by atoms with E-state index < -0.39 is 0 Å². The molecule has 2 rings (SSSR count). The Morgan fingerprint density at radius 3 is 2.96 bits per heavy atom. The smallest absolute Gasteiger partial charge is 0.319 e. The number of hydrogen-bond acceptors (Lipinski definition) is 3. The minimum Gasteiger partial charge on any atom is -0.374 e. The Kier molecular flexibility index (Phi) is 6.36. The summed E-state index contributed by atoms with van der Waals surface area (Å²) in [5, 5.41) is 5.42. The molecule has 128 valence electrons. The van der Waals surface area contributed by atoms with Crippen LogP contribution in [0.3, 0.4) is 0 Å². The molecule has 1 unspecified atom stereocenters. The molecule has 0 aromatic heterocycles. The zero-order valence-corrected chi connectivity index (χ0v) is 14.1. The van der Waals surface area contributed by atoms with Crippen molar-refractivity contribution in [1.29, 1.82) is 0 Å². The van der Waals surface area contributed by atoms with E-state index in [-0.39, 0.29) is 18.0 Å². The Bertz CT molecular complexity index is 537. The van der Waals surface area contributed by atoms with E-state index in [4.69, 9.17) is 4.74 Å². The van der Waals surface area contributed by atoms with Gasteiger partial charge in [-0.1, -0.05) is 19.9 Å². The highest BCUT2D eigenvalue weighted by atomic mass is 19.1. The maximum absolute atomic E-state index is 13.5. The van der Waals surface area contributed by atoms with E-state index in [1.165, 1.54) is 6.07 Å². The normalized spacial score (nSPS) is 18.9. The molecular weight excluding hydrogens is 297 g/mol. The second kappa shape index (κ2) is 8.26. The molecule has 1 aromatic carbocycles. The number of rotatable bonds is 5. The number of urea groups is 1. The summed E-state index contributed by atoms with van der Waals surface area (Å²) in [7, 11) is 0. The quantitative estimate of drug-likeness (QED) is 0.876. The Balaban J connectivity index is 1.76. The third-order valence-electron chi connectivity index (χ3n) is 3.77. The van der Waals surface area contributed by atoms with Gasteiger partial charge in [0.1, 0.15) is 5.82 Å². The lowest BCUT2D eigenvalue weighted by molar-refractivity contribution is -0.0288. The van der Waals surface area contributed by atoms with Gasteiger partial charge in [0.15, 0.2) is 0 Å². The highest BCUT2D eigenvalue weighted by molar-refractivity contribution is 5.89. The van der Waals surface area contributed by atoms with Crippen LogP contribution in [-0.4, -0.2) is 49.8 Å². The van der Waals surface area contributed by atoms with Crippen molar-refractivity contribution in [2.45, 2.75) is 26.9 Å². The summed E-state index contributed by atoms with van der Waals surface area (Å²) in [6, 6.07) is 4.28. The van der Waals surface area contributed by atoms with Crippen LogP contribution in [0.15, 0.2) is 18.2 Å². The summed E-state index contributed by atoms with van der Waals surface area (Å²) in [4.78, 5) is 14.3. The minimum atomic E-state index is -0.349.